The molecule has 158 valence electrons. The van der Waals surface area contributed by atoms with E-state index in [9.17, 15) is 0 Å². The summed E-state index contributed by atoms with van der Waals surface area (Å²) in [5.41, 5.74) is 4.46. The van der Waals surface area contributed by atoms with Gasteiger partial charge in [-0.3, -0.25) is 0 Å². The van der Waals surface area contributed by atoms with Gasteiger partial charge in [-0.25, -0.2) is 4.98 Å². The highest BCUT2D eigenvalue weighted by molar-refractivity contribution is 5.93. The molecule has 3 aromatic carbocycles. The molecule has 0 bridgehead atoms. The minimum atomic E-state index is 0.454. The summed E-state index contributed by atoms with van der Waals surface area (Å²) in [6, 6.07) is 27.3. The number of hydrogen-bond donors (Lipinski definition) is 1. The second-order valence-corrected chi connectivity index (χ2v) is 8.58. The van der Waals surface area contributed by atoms with E-state index in [1.165, 1.54) is 16.3 Å². The SMILES string of the molecule is c1ccc(Cc2nnc(N3CCC(c4nc5ccccc5[nH]4)CC3)c3ccccc23)cc1. The molecule has 5 nitrogen and oxygen atoms in total. The van der Waals surface area contributed by atoms with E-state index in [1.807, 2.05) is 12.1 Å². The van der Waals surface area contributed by atoms with Gasteiger partial charge in [0.05, 0.1) is 16.7 Å². The number of benzene rings is 3. The molecule has 0 amide bonds. The number of piperidine rings is 1. The van der Waals surface area contributed by atoms with Crippen molar-refractivity contribution in [3.63, 3.8) is 0 Å². The Labute approximate surface area is 187 Å². The van der Waals surface area contributed by atoms with E-state index in [4.69, 9.17) is 10.1 Å². The summed E-state index contributed by atoms with van der Waals surface area (Å²) in [5, 5.41) is 11.8. The maximum atomic E-state index is 4.83. The molecule has 5 heteroatoms. The first-order chi connectivity index (χ1) is 15.8. The molecule has 3 heterocycles. The zero-order valence-corrected chi connectivity index (χ0v) is 17.9. The van der Waals surface area contributed by atoms with Crippen molar-refractivity contribution in [3.05, 3.63) is 95.9 Å². The van der Waals surface area contributed by atoms with Crippen LogP contribution in [-0.4, -0.2) is 33.3 Å². The molecule has 5 aromatic rings. The van der Waals surface area contributed by atoms with Gasteiger partial charge in [0.2, 0.25) is 0 Å². The molecule has 0 saturated carbocycles. The summed E-state index contributed by atoms with van der Waals surface area (Å²) in [5.74, 6) is 2.57. The summed E-state index contributed by atoms with van der Waals surface area (Å²) >= 11 is 0. The van der Waals surface area contributed by atoms with Crippen LogP contribution in [0.1, 0.15) is 35.8 Å². The second-order valence-electron chi connectivity index (χ2n) is 8.58. The maximum Gasteiger partial charge on any atom is 0.159 e. The van der Waals surface area contributed by atoms with Crippen molar-refractivity contribution in [1.82, 2.24) is 20.2 Å². The number of aromatic amines is 1. The molecule has 1 aliphatic heterocycles. The third-order valence-electron chi connectivity index (χ3n) is 6.55. The minimum Gasteiger partial charge on any atom is -0.355 e. The molecule has 0 radical (unpaired) electrons. The predicted octanol–water partition coefficient (Wildman–Crippen LogP) is 5.48. The van der Waals surface area contributed by atoms with Crippen LogP contribution in [0, 0.1) is 0 Å². The van der Waals surface area contributed by atoms with Gasteiger partial charge in [-0.15, -0.1) is 5.10 Å². The van der Waals surface area contributed by atoms with Crippen molar-refractivity contribution in [2.45, 2.75) is 25.2 Å². The Hall–Kier alpha value is -3.73. The number of H-pyrrole nitrogens is 1. The average molecular weight is 420 g/mol. The van der Waals surface area contributed by atoms with Crippen molar-refractivity contribution in [2.24, 2.45) is 0 Å². The summed E-state index contributed by atoms with van der Waals surface area (Å²) in [6.45, 7) is 1.91. The number of hydrogen-bond acceptors (Lipinski definition) is 4. The van der Waals surface area contributed by atoms with E-state index in [0.717, 1.165) is 60.7 Å². The van der Waals surface area contributed by atoms with Gasteiger partial charge < -0.3 is 9.88 Å². The monoisotopic (exact) mass is 419 g/mol. The normalized spacial score (nSPS) is 14.9. The molecule has 1 fully saturated rings. The van der Waals surface area contributed by atoms with Gasteiger partial charge in [0.25, 0.3) is 0 Å². The van der Waals surface area contributed by atoms with Crippen LogP contribution < -0.4 is 4.90 Å². The molecule has 2 aromatic heterocycles. The van der Waals surface area contributed by atoms with Crippen molar-refractivity contribution in [3.8, 4) is 0 Å². The fourth-order valence-electron chi connectivity index (χ4n) is 4.83. The van der Waals surface area contributed by atoms with Crippen molar-refractivity contribution in [2.75, 3.05) is 18.0 Å². The molecule has 0 aliphatic carbocycles. The van der Waals surface area contributed by atoms with Gasteiger partial charge >= 0.3 is 0 Å². The standard InChI is InChI=1S/C27H25N5/c1-2-8-19(9-3-1)18-25-21-10-4-5-11-22(21)27(31-30-25)32-16-14-20(15-17-32)26-28-23-12-6-7-13-24(23)29-26/h1-13,20H,14-18H2,(H,28,29). The lowest BCUT2D eigenvalue weighted by molar-refractivity contribution is 0.487. The van der Waals surface area contributed by atoms with Gasteiger partial charge in [-0.05, 0) is 30.5 Å². The number of nitrogens with zero attached hydrogens (tertiary/aromatic N) is 4. The first-order valence-corrected chi connectivity index (χ1v) is 11.3. The minimum absolute atomic E-state index is 0.454. The Balaban J connectivity index is 1.25. The fraction of sp³-hybridized carbons (Fsp3) is 0.222. The Kier molecular flexibility index (Phi) is 4.79. The number of anilines is 1. The Morgan fingerprint density at radius 3 is 2.31 bits per heavy atom. The van der Waals surface area contributed by atoms with Gasteiger partial charge in [0.15, 0.2) is 5.82 Å². The third-order valence-corrected chi connectivity index (χ3v) is 6.55. The zero-order chi connectivity index (χ0) is 21.3. The molecule has 32 heavy (non-hydrogen) atoms. The van der Waals surface area contributed by atoms with Crippen LogP contribution in [-0.2, 0) is 6.42 Å². The van der Waals surface area contributed by atoms with Crippen molar-refractivity contribution >= 4 is 27.6 Å². The number of fused-ring (bicyclic) bond motifs is 2. The lowest BCUT2D eigenvalue weighted by Gasteiger charge is -2.32. The molecule has 1 N–H and O–H groups in total. The Morgan fingerprint density at radius 1 is 0.781 bits per heavy atom. The van der Waals surface area contributed by atoms with E-state index in [0.29, 0.717) is 5.92 Å². The summed E-state index contributed by atoms with van der Waals surface area (Å²) in [7, 11) is 0. The molecular weight excluding hydrogens is 394 g/mol. The molecule has 6 rings (SSSR count). The molecule has 0 unspecified atom stereocenters. The second kappa shape index (κ2) is 8.08. The highest BCUT2D eigenvalue weighted by Gasteiger charge is 2.25. The van der Waals surface area contributed by atoms with Crippen LogP contribution in [0.3, 0.4) is 0 Å². The molecular formula is C27H25N5. The average Bonchev–Trinajstić information content (AvgIpc) is 3.30. The molecule has 1 aliphatic rings. The predicted molar refractivity (Wildman–Crippen MR) is 129 cm³/mol. The van der Waals surface area contributed by atoms with E-state index in [1.54, 1.807) is 0 Å². The van der Waals surface area contributed by atoms with Crippen LogP contribution in [0.5, 0.6) is 0 Å². The zero-order valence-electron chi connectivity index (χ0n) is 17.9. The van der Waals surface area contributed by atoms with Gasteiger partial charge in [-0.2, -0.15) is 5.10 Å². The highest BCUT2D eigenvalue weighted by atomic mass is 15.3. The summed E-state index contributed by atoms with van der Waals surface area (Å²) in [6.07, 6.45) is 2.91. The van der Waals surface area contributed by atoms with Crippen LogP contribution in [0.2, 0.25) is 0 Å². The maximum absolute atomic E-state index is 4.83. The number of nitrogens with one attached hydrogen (secondary N) is 1. The van der Waals surface area contributed by atoms with Crippen LogP contribution in [0.4, 0.5) is 5.82 Å². The van der Waals surface area contributed by atoms with E-state index in [2.05, 4.69) is 81.7 Å². The quantitative estimate of drug-likeness (QED) is 0.419. The number of aromatic nitrogens is 4. The summed E-state index contributed by atoms with van der Waals surface area (Å²) in [4.78, 5) is 10.7. The first kappa shape index (κ1) is 19.0. The number of para-hydroxylation sites is 2. The van der Waals surface area contributed by atoms with Crippen molar-refractivity contribution < 1.29 is 0 Å². The lowest BCUT2D eigenvalue weighted by Crippen LogP contribution is -2.34. The van der Waals surface area contributed by atoms with Crippen LogP contribution in [0.25, 0.3) is 21.8 Å². The fourth-order valence-corrected chi connectivity index (χ4v) is 4.83. The van der Waals surface area contributed by atoms with E-state index < -0.39 is 0 Å². The first-order valence-electron chi connectivity index (χ1n) is 11.3. The number of rotatable bonds is 4. The van der Waals surface area contributed by atoms with E-state index in [-0.39, 0.29) is 0 Å². The topological polar surface area (TPSA) is 57.7 Å². The van der Waals surface area contributed by atoms with Crippen LogP contribution >= 0.6 is 0 Å². The van der Waals surface area contributed by atoms with E-state index >= 15 is 0 Å². The molecule has 0 spiro atoms. The smallest absolute Gasteiger partial charge is 0.159 e. The Morgan fingerprint density at radius 2 is 1.50 bits per heavy atom. The van der Waals surface area contributed by atoms with Crippen LogP contribution in [0.15, 0.2) is 78.9 Å². The lowest BCUT2D eigenvalue weighted by atomic mass is 9.95. The number of imidazole rings is 1. The molecule has 0 atom stereocenters. The summed E-state index contributed by atoms with van der Waals surface area (Å²) < 4.78 is 0. The van der Waals surface area contributed by atoms with Gasteiger partial charge in [0.1, 0.15) is 5.82 Å². The van der Waals surface area contributed by atoms with Gasteiger partial charge in [-0.1, -0.05) is 66.7 Å². The third kappa shape index (κ3) is 3.50. The highest BCUT2D eigenvalue weighted by Crippen LogP contribution is 2.33. The Bertz CT molecular complexity index is 1330. The van der Waals surface area contributed by atoms with Gasteiger partial charge in [0, 0.05) is 36.2 Å². The van der Waals surface area contributed by atoms with Crippen molar-refractivity contribution in [1.29, 1.82) is 0 Å². The molecule has 1 saturated heterocycles. The largest absolute Gasteiger partial charge is 0.355 e.